The number of nitriles is 1. The molecule has 0 spiro atoms. The smallest absolute Gasteiger partial charge is 0.300 e. The van der Waals surface area contributed by atoms with Gasteiger partial charge in [0.2, 0.25) is 30.1 Å². The number of imidazole rings is 1. The zero-order chi connectivity index (χ0) is 70.9. The third kappa shape index (κ3) is 23.1. The van der Waals surface area contributed by atoms with Crippen molar-refractivity contribution < 1.29 is 72.1 Å². The number of benzene rings is 6. The van der Waals surface area contributed by atoms with E-state index in [9.17, 15) is 48.0 Å². The third-order valence-electron chi connectivity index (χ3n) is 13.8. The number of thioether (sulfide) groups is 1. The molecule has 0 unspecified atom stereocenters. The summed E-state index contributed by atoms with van der Waals surface area (Å²) in [6.07, 6.45) is 2.77. The molecular weight excluding hydrogens is 1430 g/mol. The number of aromatic amines is 1. The topological polar surface area (TPSA) is 350 Å². The first-order valence-electron chi connectivity index (χ1n) is 26.8. The second-order valence-corrected chi connectivity index (χ2v) is 29.0. The van der Waals surface area contributed by atoms with Crippen LogP contribution in [0, 0.1) is 32.9 Å². The number of primary sulfonamides is 3. The van der Waals surface area contributed by atoms with Crippen molar-refractivity contribution in [1.82, 2.24) is 9.55 Å². The van der Waals surface area contributed by atoms with Gasteiger partial charge >= 0.3 is 0 Å². The molecule has 0 fully saturated rings. The molecule has 33 heteroatoms. The van der Waals surface area contributed by atoms with Crippen molar-refractivity contribution in [2.75, 3.05) is 27.9 Å². The van der Waals surface area contributed by atoms with Gasteiger partial charge in [-0.05, 0) is 164 Å². The average Bonchev–Trinajstić information content (AvgIpc) is 1.47. The molecule has 1 heterocycles. The first-order chi connectivity index (χ1) is 42.9. The van der Waals surface area contributed by atoms with Crippen LogP contribution < -0.4 is 35.4 Å². The summed E-state index contributed by atoms with van der Waals surface area (Å²) in [4.78, 5) is 37.4. The number of aromatic nitrogens is 2. The number of methoxy groups -OCH3 is 3. The van der Waals surface area contributed by atoms with Crippen molar-refractivity contribution in [3.63, 3.8) is 0 Å². The first kappa shape index (κ1) is 83.6. The molecule has 0 aliphatic carbocycles. The van der Waals surface area contributed by atoms with Gasteiger partial charge in [-0.2, -0.15) is 5.26 Å². The molecule has 7 rings (SSSR count). The van der Waals surface area contributed by atoms with Gasteiger partial charge in [0.05, 0.1) is 54.3 Å². The number of H-pyrrole nitrogens is 1. The summed E-state index contributed by atoms with van der Waals surface area (Å²) in [5, 5.41) is 33.0. The van der Waals surface area contributed by atoms with Crippen LogP contribution in [0.5, 0.6) is 17.2 Å². The molecule has 510 valence electrons. The molecule has 7 aromatic rings. The molecule has 0 aliphatic heterocycles. The van der Waals surface area contributed by atoms with Crippen LogP contribution in [0.2, 0.25) is 15.1 Å². The molecule has 10 N–H and O–H groups in total. The molecule has 94 heavy (non-hydrogen) atoms. The standard InChI is InChI=1S/C21H23ClFNO4S2.C19H19ClFN3O3S2.C11H15ClN2O3S.C8H6FNOS.C2H4O2.ClH/c1-21(2,14-5-8-19(16(22)12-14)30(24,26)27)20(25)9-6-15(29)10-13-4-7-17(23)18(11-13)28-3;1-19(2,11-4-7-16(13(20)8-11)29(22,25)26)17-10-23-18(28)24(17)12-5-6-14(21)15(9-12)27-3;1-11(2,10(15)6-13)7-3-4-9(8(12)5-7)18(14,16)17;1-11-8-4-6(12-5-10)2-3-7(8)9;1-2(3)4;/h4-5,7-8,11-12H,6,9-10H2,1-3H3,(H2,24,26,27);4-10H,1-3H3,(H,23,28)(H2,22,25,26);3-5H,6,13H2,1-2H3,(H2,14,16,17);2-4H,1H3;1H3,(H,3,4);1H. The number of ether oxygens (including phenoxy) is 3. The van der Waals surface area contributed by atoms with Crippen LogP contribution in [0.15, 0.2) is 135 Å². The molecular formula is C61H68Cl4F3N7O13S6. The van der Waals surface area contributed by atoms with E-state index in [0.29, 0.717) is 44.2 Å². The van der Waals surface area contributed by atoms with Crippen LogP contribution in [0.1, 0.15) is 89.3 Å². The maximum Gasteiger partial charge on any atom is 0.300 e. The van der Waals surface area contributed by atoms with Crippen molar-refractivity contribution in [2.24, 2.45) is 21.2 Å². The SMILES string of the molecule is CC(=O)O.CC(C)(C(=O)CN)c1ccc(S(N)(=O)=O)c(Cl)c1.COc1cc(-n2c(C(C)(C)c3ccc(S(N)(=O)=O)c(Cl)c3)c[nH]c2=S)ccc1F.COc1cc(CC(=S)CCC(=O)C(C)(C)c2ccc(S(N)(=O)=O)c(Cl)c2)ccc1F.COc1cc(SC#N)ccc1F.Cl. The molecule has 0 atom stereocenters. The number of nitrogens with two attached hydrogens (primary N) is 4. The maximum atomic E-state index is 13.8. The van der Waals surface area contributed by atoms with Gasteiger partial charge < -0.3 is 30.0 Å². The van der Waals surface area contributed by atoms with Crippen molar-refractivity contribution >= 4 is 136 Å². The van der Waals surface area contributed by atoms with E-state index in [1.807, 2.05) is 19.2 Å². The van der Waals surface area contributed by atoms with Crippen LogP contribution in [-0.4, -0.2) is 90.2 Å². The highest BCUT2D eigenvalue weighted by Crippen LogP contribution is 2.38. The number of ketones is 2. The number of thiocyanates is 1. The number of halogens is 7. The molecule has 0 aliphatic rings. The molecule has 0 saturated heterocycles. The van der Waals surface area contributed by atoms with E-state index in [-0.39, 0.29) is 83.9 Å². The predicted molar refractivity (Wildman–Crippen MR) is 367 cm³/mol. The lowest BCUT2D eigenvalue weighted by molar-refractivity contribution is -0.134. The third-order valence-corrected chi connectivity index (χ3v) is 19.2. The highest BCUT2D eigenvalue weighted by Gasteiger charge is 2.33. The number of nitrogens with one attached hydrogen (secondary N) is 1. The summed E-state index contributed by atoms with van der Waals surface area (Å²) in [5.41, 5.74) is 7.07. The van der Waals surface area contributed by atoms with Crippen LogP contribution in [0.4, 0.5) is 13.2 Å². The zero-order valence-corrected chi connectivity index (χ0v) is 60.0. The maximum absolute atomic E-state index is 13.8. The minimum Gasteiger partial charge on any atom is -0.494 e. The minimum atomic E-state index is -3.94. The zero-order valence-electron chi connectivity index (χ0n) is 52.0. The molecule has 1 aromatic heterocycles. The number of hydrogen-bond donors (Lipinski definition) is 6. The van der Waals surface area contributed by atoms with Gasteiger partial charge in [-0.25, -0.2) is 53.8 Å². The number of thiocarbonyl (C=S) groups is 1. The van der Waals surface area contributed by atoms with Gasteiger partial charge in [0.25, 0.3) is 5.97 Å². The molecule has 0 saturated carbocycles. The van der Waals surface area contributed by atoms with E-state index in [2.05, 4.69) is 4.98 Å². The first-order valence-corrected chi connectivity index (χ1v) is 34.2. The predicted octanol–water partition coefficient (Wildman–Crippen LogP) is 12.4. The van der Waals surface area contributed by atoms with Crippen molar-refractivity contribution in [2.45, 2.75) is 104 Å². The Labute approximate surface area is 580 Å². The lowest BCUT2D eigenvalue weighted by atomic mass is 9.79. The van der Waals surface area contributed by atoms with E-state index in [0.717, 1.165) is 35.5 Å². The van der Waals surface area contributed by atoms with Gasteiger partial charge in [0.1, 0.15) is 25.9 Å². The minimum absolute atomic E-state index is 0. The fourth-order valence-electron chi connectivity index (χ4n) is 8.41. The average molecular weight is 1500 g/mol. The lowest BCUT2D eigenvalue weighted by Gasteiger charge is -2.27. The molecule has 20 nitrogen and oxygen atoms in total. The fourth-order valence-corrected chi connectivity index (χ4v) is 12.6. The molecule has 0 amide bonds. The van der Waals surface area contributed by atoms with E-state index >= 15 is 0 Å². The fraction of sp³-hybridized carbons (Fsp3) is 0.279. The number of carbonyl (C=O) groups is 3. The number of hydrogen-bond acceptors (Lipinski definition) is 17. The summed E-state index contributed by atoms with van der Waals surface area (Å²) in [6.45, 7) is 11.7. The van der Waals surface area contributed by atoms with E-state index in [1.54, 1.807) is 74.9 Å². The number of carbonyl (C=O) groups excluding carboxylic acids is 2. The van der Waals surface area contributed by atoms with Crippen molar-refractivity contribution in [1.29, 1.82) is 5.26 Å². The largest absolute Gasteiger partial charge is 0.494 e. The normalized spacial score (nSPS) is 11.4. The Bertz CT molecular complexity index is 4380. The van der Waals surface area contributed by atoms with Crippen molar-refractivity contribution in [3.05, 3.63) is 181 Å². The molecule has 0 radical (unpaired) electrons. The van der Waals surface area contributed by atoms with Crippen LogP contribution in [0.3, 0.4) is 0 Å². The van der Waals surface area contributed by atoms with Gasteiger partial charge in [-0.1, -0.05) is 85.1 Å². The number of aliphatic carboxylic acids is 1. The van der Waals surface area contributed by atoms with Gasteiger partial charge in [0, 0.05) is 53.2 Å². The summed E-state index contributed by atoms with van der Waals surface area (Å²) < 4.78 is 126. The summed E-state index contributed by atoms with van der Waals surface area (Å²) in [5.74, 6) is -2.01. The highest BCUT2D eigenvalue weighted by molar-refractivity contribution is 8.03. The number of carboxylic acid groups (broad SMARTS) is 1. The van der Waals surface area contributed by atoms with E-state index in [4.69, 9.17) is 110 Å². The van der Waals surface area contributed by atoms with E-state index in [1.165, 1.54) is 94.1 Å². The lowest BCUT2D eigenvalue weighted by Crippen LogP contribution is -2.34. The quantitative estimate of drug-likeness (QED) is 0.0234. The highest BCUT2D eigenvalue weighted by atomic mass is 35.5. The van der Waals surface area contributed by atoms with Gasteiger partial charge in [0.15, 0.2) is 45.3 Å². The Kier molecular flexibility index (Phi) is 31.6. The number of nitrogens with zero attached hydrogens (tertiary/aromatic N) is 2. The van der Waals surface area contributed by atoms with Gasteiger partial charge in [-0.3, -0.25) is 19.0 Å². The monoisotopic (exact) mass is 1500 g/mol. The number of rotatable bonds is 20. The Balaban J connectivity index is 0.000000436. The van der Waals surface area contributed by atoms with Crippen LogP contribution in [0.25, 0.3) is 5.69 Å². The van der Waals surface area contributed by atoms with Crippen molar-refractivity contribution in [3.8, 4) is 28.3 Å². The summed E-state index contributed by atoms with van der Waals surface area (Å²) in [6, 6.07) is 26.4. The Hall–Kier alpha value is -6.47. The Morgan fingerprint density at radius 1 is 0.638 bits per heavy atom. The second kappa shape index (κ2) is 35.5. The second-order valence-electron chi connectivity index (χ2n) is 21.3. The van der Waals surface area contributed by atoms with E-state index < -0.39 is 69.7 Å². The summed E-state index contributed by atoms with van der Waals surface area (Å²) in [7, 11) is -7.57. The van der Waals surface area contributed by atoms with Crippen LogP contribution >= 0.6 is 83.4 Å². The van der Waals surface area contributed by atoms with Crippen LogP contribution in [-0.2, 0) is 67.1 Å². The number of carboxylic acids is 1. The Morgan fingerprint density at radius 3 is 1.45 bits per heavy atom. The molecule has 6 aromatic carbocycles. The summed E-state index contributed by atoms with van der Waals surface area (Å²) >= 11 is 29.9. The van der Waals surface area contributed by atoms with Gasteiger partial charge in [-0.15, -0.1) is 12.4 Å². The number of sulfonamides is 3. The number of Topliss-reactive ketones (excluding diaryl/α,β-unsaturated/α-hetero) is 2. The Morgan fingerprint density at radius 2 is 1.03 bits per heavy atom. The molecule has 0 bridgehead atoms.